The maximum absolute atomic E-state index is 9.82. The van der Waals surface area contributed by atoms with Gasteiger partial charge >= 0.3 is 0 Å². The zero-order chi connectivity index (χ0) is 13.3. The molecular weight excluding hydrogens is 242 g/mol. The highest BCUT2D eigenvalue weighted by Crippen LogP contribution is 2.22. The van der Waals surface area contributed by atoms with Crippen LogP contribution in [-0.4, -0.2) is 50.2 Å². The maximum Gasteiger partial charge on any atom is 0.0897 e. The Hall–Kier alpha value is -0.160. The van der Waals surface area contributed by atoms with Crippen molar-refractivity contribution in [1.29, 1.82) is 0 Å². The van der Waals surface area contributed by atoms with E-state index in [0.29, 0.717) is 19.8 Å². The Labute approximate surface area is 116 Å². The average molecular weight is 271 g/mol. The minimum Gasteiger partial charge on any atom is -0.389 e. The van der Waals surface area contributed by atoms with Gasteiger partial charge in [0.2, 0.25) is 0 Å². The van der Waals surface area contributed by atoms with E-state index < -0.39 is 6.10 Å². The van der Waals surface area contributed by atoms with Crippen LogP contribution in [0.4, 0.5) is 0 Å². The Kier molecular flexibility index (Phi) is 7.14. The van der Waals surface area contributed by atoms with E-state index in [4.69, 9.17) is 9.47 Å². The molecule has 1 saturated heterocycles. The molecule has 2 atom stereocenters. The van der Waals surface area contributed by atoms with Crippen molar-refractivity contribution in [3.63, 3.8) is 0 Å². The highest BCUT2D eigenvalue weighted by atomic mass is 16.5. The van der Waals surface area contributed by atoms with E-state index in [1.54, 1.807) is 0 Å². The Morgan fingerprint density at radius 2 is 2.00 bits per heavy atom. The molecule has 0 aromatic heterocycles. The normalized spacial score (nSPS) is 26.7. The summed E-state index contributed by atoms with van der Waals surface area (Å²) in [6.07, 6.45) is 8.93. The Morgan fingerprint density at radius 1 is 1.16 bits per heavy atom. The Morgan fingerprint density at radius 3 is 2.74 bits per heavy atom. The van der Waals surface area contributed by atoms with Crippen LogP contribution in [0.2, 0.25) is 0 Å². The monoisotopic (exact) mass is 271 g/mol. The average Bonchev–Trinajstić information content (AvgIpc) is 2.93. The zero-order valence-corrected chi connectivity index (χ0v) is 12.0. The van der Waals surface area contributed by atoms with Crippen LogP contribution in [0.1, 0.15) is 44.9 Å². The molecule has 0 aromatic carbocycles. The molecule has 2 rings (SSSR count). The third kappa shape index (κ3) is 6.21. The molecular formula is C15H29NO3. The van der Waals surface area contributed by atoms with E-state index in [1.807, 2.05) is 0 Å². The van der Waals surface area contributed by atoms with Crippen molar-refractivity contribution in [2.24, 2.45) is 5.92 Å². The molecule has 0 amide bonds. The molecule has 0 radical (unpaired) electrons. The summed E-state index contributed by atoms with van der Waals surface area (Å²) in [6, 6.07) is 0. The summed E-state index contributed by atoms with van der Waals surface area (Å²) in [5.74, 6) is 0.814. The predicted octanol–water partition coefficient (Wildman–Crippen LogP) is 1.71. The fraction of sp³-hybridized carbons (Fsp3) is 1.00. The van der Waals surface area contributed by atoms with E-state index in [-0.39, 0.29) is 6.10 Å². The van der Waals surface area contributed by atoms with Gasteiger partial charge in [0.1, 0.15) is 0 Å². The molecule has 2 N–H and O–H groups in total. The molecule has 2 unspecified atom stereocenters. The first-order chi connectivity index (χ1) is 9.34. The largest absolute Gasteiger partial charge is 0.389 e. The number of aliphatic hydroxyl groups is 1. The van der Waals surface area contributed by atoms with Gasteiger partial charge in [0, 0.05) is 13.2 Å². The van der Waals surface area contributed by atoms with E-state index in [1.165, 1.54) is 32.1 Å². The smallest absolute Gasteiger partial charge is 0.0897 e. The molecule has 0 aromatic rings. The van der Waals surface area contributed by atoms with Crippen LogP contribution < -0.4 is 5.32 Å². The molecule has 1 saturated carbocycles. The summed E-state index contributed by atoms with van der Waals surface area (Å²) >= 11 is 0. The molecule has 1 aliphatic heterocycles. The van der Waals surface area contributed by atoms with E-state index in [9.17, 15) is 5.11 Å². The van der Waals surface area contributed by atoms with Crippen LogP contribution in [0.5, 0.6) is 0 Å². The Bertz CT molecular complexity index is 225. The standard InChI is InChI=1S/C15H29NO3/c17-14(11-18-12-15-7-4-8-19-15)10-16-9-13-5-2-1-3-6-13/h13-17H,1-12H2. The van der Waals surface area contributed by atoms with Crippen LogP contribution in [0, 0.1) is 5.92 Å². The zero-order valence-electron chi connectivity index (χ0n) is 12.0. The van der Waals surface area contributed by atoms with Crippen LogP contribution in [0.3, 0.4) is 0 Å². The van der Waals surface area contributed by atoms with Crippen molar-refractivity contribution in [2.75, 3.05) is 32.9 Å². The van der Waals surface area contributed by atoms with Gasteiger partial charge in [-0.15, -0.1) is 0 Å². The number of nitrogens with one attached hydrogen (secondary N) is 1. The first-order valence-electron chi connectivity index (χ1n) is 7.92. The highest BCUT2D eigenvalue weighted by Gasteiger charge is 2.16. The number of hydrogen-bond acceptors (Lipinski definition) is 4. The lowest BCUT2D eigenvalue weighted by Crippen LogP contribution is -2.34. The van der Waals surface area contributed by atoms with Crippen molar-refractivity contribution < 1.29 is 14.6 Å². The molecule has 2 aliphatic rings. The van der Waals surface area contributed by atoms with Crippen molar-refractivity contribution in [1.82, 2.24) is 5.32 Å². The van der Waals surface area contributed by atoms with Gasteiger partial charge in [0.05, 0.1) is 25.4 Å². The van der Waals surface area contributed by atoms with Crippen LogP contribution in [0.25, 0.3) is 0 Å². The highest BCUT2D eigenvalue weighted by molar-refractivity contribution is 4.69. The fourth-order valence-corrected chi connectivity index (χ4v) is 3.02. The third-order valence-electron chi connectivity index (χ3n) is 4.18. The summed E-state index contributed by atoms with van der Waals surface area (Å²) in [4.78, 5) is 0. The number of hydrogen-bond donors (Lipinski definition) is 2. The van der Waals surface area contributed by atoms with Gasteiger partial charge in [-0.1, -0.05) is 19.3 Å². The molecule has 2 fully saturated rings. The topological polar surface area (TPSA) is 50.7 Å². The summed E-state index contributed by atoms with van der Waals surface area (Å²) < 4.78 is 11.0. The number of rotatable bonds is 8. The van der Waals surface area contributed by atoms with Gasteiger partial charge in [-0.2, -0.15) is 0 Å². The lowest BCUT2D eigenvalue weighted by Gasteiger charge is -2.22. The SMILES string of the molecule is OC(CNCC1CCCCC1)COCC1CCCO1. The lowest BCUT2D eigenvalue weighted by molar-refractivity contribution is -0.0166. The molecule has 0 spiro atoms. The van der Waals surface area contributed by atoms with Crippen molar-refractivity contribution in [3.05, 3.63) is 0 Å². The second-order valence-electron chi connectivity index (χ2n) is 5.99. The fourth-order valence-electron chi connectivity index (χ4n) is 3.02. The van der Waals surface area contributed by atoms with Gasteiger partial charge in [-0.3, -0.25) is 0 Å². The molecule has 1 heterocycles. The molecule has 4 heteroatoms. The van der Waals surface area contributed by atoms with E-state index >= 15 is 0 Å². The van der Waals surface area contributed by atoms with Crippen LogP contribution in [0.15, 0.2) is 0 Å². The van der Waals surface area contributed by atoms with Gasteiger partial charge in [0.15, 0.2) is 0 Å². The van der Waals surface area contributed by atoms with Crippen LogP contribution in [-0.2, 0) is 9.47 Å². The lowest BCUT2D eigenvalue weighted by atomic mass is 9.89. The van der Waals surface area contributed by atoms with E-state index in [0.717, 1.165) is 31.9 Å². The van der Waals surface area contributed by atoms with Crippen LogP contribution >= 0.6 is 0 Å². The summed E-state index contributed by atoms with van der Waals surface area (Å²) in [6.45, 7) is 3.58. The predicted molar refractivity (Wildman–Crippen MR) is 75.2 cm³/mol. The van der Waals surface area contributed by atoms with Crippen molar-refractivity contribution in [3.8, 4) is 0 Å². The molecule has 19 heavy (non-hydrogen) atoms. The van der Waals surface area contributed by atoms with E-state index in [2.05, 4.69) is 5.32 Å². The van der Waals surface area contributed by atoms with Gasteiger partial charge in [-0.05, 0) is 38.1 Å². The van der Waals surface area contributed by atoms with Gasteiger partial charge in [-0.25, -0.2) is 0 Å². The molecule has 1 aliphatic carbocycles. The quantitative estimate of drug-likeness (QED) is 0.706. The summed E-state index contributed by atoms with van der Waals surface area (Å²) in [7, 11) is 0. The first-order valence-corrected chi connectivity index (χ1v) is 7.92. The summed E-state index contributed by atoms with van der Waals surface area (Å²) in [5, 5.41) is 13.2. The first kappa shape index (κ1) is 15.2. The van der Waals surface area contributed by atoms with Gasteiger partial charge in [0.25, 0.3) is 0 Å². The minimum absolute atomic E-state index is 0.252. The summed E-state index contributed by atoms with van der Waals surface area (Å²) in [5.41, 5.74) is 0. The van der Waals surface area contributed by atoms with Crippen molar-refractivity contribution in [2.45, 2.75) is 57.2 Å². The molecule has 0 bridgehead atoms. The maximum atomic E-state index is 9.82. The third-order valence-corrected chi connectivity index (χ3v) is 4.18. The second kappa shape index (κ2) is 8.90. The van der Waals surface area contributed by atoms with Crippen molar-refractivity contribution >= 4 is 0 Å². The van der Waals surface area contributed by atoms with Gasteiger partial charge < -0.3 is 19.9 Å². The second-order valence-corrected chi connectivity index (χ2v) is 5.99. The molecule has 4 nitrogen and oxygen atoms in total. The Balaban J connectivity index is 1.43. The number of ether oxygens (including phenoxy) is 2. The minimum atomic E-state index is -0.398. The molecule has 112 valence electrons. The number of aliphatic hydroxyl groups excluding tert-OH is 1.